The second kappa shape index (κ2) is 8.03. The minimum atomic E-state index is -0.668. The summed E-state index contributed by atoms with van der Waals surface area (Å²) in [6, 6.07) is 6.26. The average molecular weight is 408 g/mol. The van der Waals surface area contributed by atoms with Crippen molar-refractivity contribution in [3.63, 3.8) is 0 Å². The van der Waals surface area contributed by atoms with Crippen molar-refractivity contribution in [2.75, 3.05) is 17.2 Å². The van der Waals surface area contributed by atoms with Crippen molar-refractivity contribution in [1.29, 1.82) is 0 Å². The van der Waals surface area contributed by atoms with Gasteiger partial charge < -0.3 is 32.0 Å². The molecule has 1 aromatic heterocycles. The highest BCUT2D eigenvalue weighted by Gasteiger charge is 2.27. The lowest BCUT2D eigenvalue weighted by atomic mass is 9.99. The summed E-state index contributed by atoms with van der Waals surface area (Å²) in [5.41, 5.74) is 10.1. The monoisotopic (exact) mass is 408 g/mol. The van der Waals surface area contributed by atoms with Gasteiger partial charge in [-0.1, -0.05) is 0 Å². The van der Waals surface area contributed by atoms with Crippen LogP contribution in [0.3, 0.4) is 0 Å². The number of fused-ring (bicyclic) bond motifs is 1. The summed E-state index contributed by atoms with van der Waals surface area (Å²) in [7, 11) is 0. The zero-order valence-electron chi connectivity index (χ0n) is 16.6. The number of nitrogens with one attached hydrogen (secondary N) is 5. The van der Waals surface area contributed by atoms with E-state index in [2.05, 4.69) is 26.3 Å². The van der Waals surface area contributed by atoms with Crippen LogP contribution in [0.4, 0.5) is 16.2 Å². The molecule has 0 radical (unpaired) electrons. The molecule has 2 aromatic rings. The molecule has 4 amide bonds. The van der Waals surface area contributed by atoms with Gasteiger partial charge >= 0.3 is 6.03 Å². The van der Waals surface area contributed by atoms with Crippen LogP contribution >= 0.6 is 0 Å². The predicted molar refractivity (Wildman–Crippen MR) is 114 cm³/mol. The van der Waals surface area contributed by atoms with Gasteiger partial charge in [0.1, 0.15) is 0 Å². The highest BCUT2D eigenvalue weighted by Crippen LogP contribution is 2.38. The SMILES string of the molecule is C/C(=C1/C(=O)Nc2ccc(NC(N)=O)cc21)c1cc(CNC(=O)C2CCCN2)c[nH]1. The Hall–Kier alpha value is -3.59. The summed E-state index contributed by atoms with van der Waals surface area (Å²) in [6.07, 6.45) is 3.69. The molecule has 0 bridgehead atoms. The van der Waals surface area contributed by atoms with Crippen molar-refractivity contribution < 1.29 is 14.4 Å². The van der Waals surface area contributed by atoms with E-state index in [9.17, 15) is 14.4 Å². The van der Waals surface area contributed by atoms with Gasteiger partial charge in [-0.05, 0) is 61.7 Å². The highest BCUT2D eigenvalue weighted by atomic mass is 16.2. The number of carbonyl (C=O) groups excluding carboxylic acids is 3. The van der Waals surface area contributed by atoms with Crippen molar-refractivity contribution in [3.8, 4) is 0 Å². The maximum atomic E-state index is 12.6. The third kappa shape index (κ3) is 3.92. The molecular weight excluding hydrogens is 384 g/mol. The normalized spacial score (nSPS) is 19.2. The Kier molecular flexibility index (Phi) is 5.28. The Balaban J connectivity index is 1.54. The Bertz CT molecular complexity index is 1050. The molecule has 2 aliphatic rings. The lowest BCUT2D eigenvalue weighted by molar-refractivity contribution is -0.123. The molecule has 9 nitrogen and oxygen atoms in total. The smallest absolute Gasteiger partial charge is 0.316 e. The minimum absolute atomic E-state index is 0.00362. The molecule has 2 aliphatic heterocycles. The summed E-state index contributed by atoms with van der Waals surface area (Å²) in [5, 5.41) is 11.5. The summed E-state index contributed by atoms with van der Waals surface area (Å²) >= 11 is 0. The van der Waals surface area contributed by atoms with E-state index < -0.39 is 6.03 Å². The Morgan fingerprint density at radius 2 is 2.10 bits per heavy atom. The number of aromatic nitrogens is 1. The third-order valence-corrected chi connectivity index (χ3v) is 5.40. The van der Waals surface area contributed by atoms with Gasteiger partial charge in [0.25, 0.3) is 5.91 Å². The second-order valence-electron chi connectivity index (χ2n) is 7.49. The number of anilines is 2. The van der Waals surface area contributed by atoms with Crippen molar-refractivity contribution in [2.24, 2.45) is 5.73 Å². The largest absolute Gasteiger partial charge is 0.361 e. The van der Waals surface area contributed by atoms with Gasteiger partial charge in [0.15, 0.2) is 0 Å². The molecule has 0 spiro atoms. The number of hydrogen-bond acceptors (Lipinski definition) is 4. The number of primary amides is 1. The van der Waals surface area contributed by atoms with E-state index in [1.807, 2.05) is 19.2 Å². The molecule has 0 aliphatic carbocycles. The van der Waals surface area contributed by atoms with Crippen LogP contribution < -0.4 is 27.0 Å². The van der Waals surface area contributed by atoms with Gasteiger partial charge in [-0.15, -0.1) is 0 Å². The van der Waals surface area contributed by atoms with E-state index in [-0.39, 0.29) is 17.9 Å². The van der Waals surface area contributed by atoms with Crippen LogP contribution in [0.15, 0.2) is 30.5 Å². The Morgan fingerprint density at radius 3 is 2.83 bits per heavy atom. The van der Waals surface area contributed by atoms with Crippen LogP contribution in [0.1, 0.15) is 36.6 Å². The maximum absolute atomic E-state index is 12.6. The van der Waals surface area contributed by atoms with Gasteiger partial charge in [-0.3, -0.25) is 9.59 Å². The number of hydrogen-bond donors (Lipinski definition) is 6. The summed E-state index contributed by atoms with van der Waals surface area (Å²) in [6.45, 7) is 3.14. The fraction of sp³-hybridized carbons (Fsp3) is 0.286. The molecule has 156 valence electrons. The first-order chi connectivity index (χ1) is 14.4. The zero-order chi connectivity index (χ0) is 21.3. The molecule has 1 fully saturated rings. The standard InChI is InChI=1S/C21H24N6O3/c1-11(17-7-12(9-24-17)10-25-19(28)16-3-2-6-23-16)18-14-8-13(26-21(22)30)4-5-15(14)27-20(18)29/h4-5,7-9,16,23-24H,2-3,6,10H2,1H3,(H,25,28)(H,27,29)(H3,22,26,30)/b18-11-. The Morgan fingerprint density at radius 1 is 1.27 bits per heavy atom. The van der Waals surface area contributed by atoms with Gasteiger partial charge in [0.2, 0.25) is 5.91 Å². The van der Waals surface area contributed by atoms with Crippen LogP contribution in [-0.2, 0) is 16.1 Å². The number of amides is 4. The fourth-order valence-corrected chi connectivity index (χ4v) is 3.87. The van der Waals surface area contributed by atoms with E-state index in [0.717, 1.165) is 36.2 Å². The van der Waals surface area contributed by atoms with Gasteiger partial charge in [0, 0.05) is 35.4 Å². The quantitative estimate of drug-likeness (QED) is 0.419. The topological polar surface area (TPSA) is 141 Å². The molecule has 1 unspecified atom stereocenters. The first kappa shape index (κ1) is 19.7. The van der Waals surface area contributed by atoms with E-state index in [0.29, 0.717) is 29.1 Å². The summed E-state index contributed by atoms with van der Waals surface area (Å²) in [5.74, 6) is -0.209. The molecule has 30 heavy (non-hydrogen) atoms. The number of rotatable bonds is 5. The van der Waals surface area contributed by atoms with Crippen molar-refractivity contribution in [3.05, 3.63) is 47.3 Å². The summed E-state index contributed by atoms with van der Waals surface area (Å²) < 4.78 is 0. The zero-order valence-corrected chi connectivity index (χ0v) is 16.6. The van der Waals surface area contributed by atoms with E-state index in [1.165, 1.54) is 0 Å². The molecule has 9 heteroatoms. The van der Waals surface area contributed by atoms with Crippen LogP contribution in [0.5, 0.6) is 0 Å². The van der Waals surface area contributed by atoms with Crippen LogP contribution in [0.25, 0.3) is 11.1 Å². The lowest BCUT2D eigenvalue weighted by Gasteiger charge is -2.10. The van der Waals surface area contributed by atoms with Crippen LogP contribution in [0, 0.1) is 0 Å². The minimum Gasteiger partial charge on any atom is -0.361 e. The fourth-order valence-electron chi connectivity index (χ4n) is 3.87. The van der Waals surface area contributed by atoms with E-state index in [1.54, 1.807) is 18.2 Å². The number of carbonyl (C=O) groups is 3. The highest BCUT2D eigenvalue weighted by molar-refractivity contribution is 6.36. The molecular formula is C21H24N6O3. The molecule has 0 saturated carbocycles. The number of benzene rings is 1. The van der Waals surface area contributed by atoms with Gasteiger partial charge in [-0.2, -0.15) is 0 Å². The first-order valence-electron chi connectivity index (χ1n) is 9.84. The molecule has 7 N–H and O–H groups in total. The molecule has 1 saturated heterocycles. The lowest BCUT2D eigenvalue weighted by Crippen LogP contribution is -2.39. The third-order valence-electron chi connectivity index (χ3n) is 5.40. The van der Waals surface area contributed by atoms with Gasteiger partial charge in [0.05, 0.1) is 11.6 Å². The van der Waals surface area contributed by atoms with Crippen molar-refractivity contribution in [2.45, 2.75) is 32.4 Å². The second-order valence-corrected chi connectivity index (χ2v) is 7.49. The molecule has 4 rings (SSSR count). The predicted octanol–water partition coefficient (Wildman–Crippen LogP) is 1.76. The van der Waals surface area contributed by atoms with Gasteiger partial charge in [-0.25, -0.2) is 4.79 Å². The number of allylic oxidation sites excluding steroid dienone is 1. The average Bonchev–Trinajstić information content (AvgIpc) is 3.44. The number of H-pyrrole nitrogens is 1. The summed E-state index contributed by atoms with van der Waals surface area (Å²) in [4.78, 5) is 39.1. The van der Waals surface area contributed by atoms with E-state index in [4.69, 9.17) is 5.73 Å². The van der Waals surface area contributed by atoms with Crippen LogP contribution in [-0.4, -0.2) is 35.4 Å². The Labute approximate surface area is 173 Å². The number of urea groups is 1. The molecule has 1 aromatic carbocycles. The van der Waals surface area contributed by atoms with Crippen molar-refractivity contribution >= 4 is 40.4 Å². The van der Waals surface area contributed by atoms with E-state index >= 15 is 0 Å². The molecule has 1 atom stereocenters. The van der Waals surface area contributed by atoms with Crippen LogP contribution in [0.2, 0.25) is 0 Å². The molecule has 3 heterocycles. The first-order valence-corrected chi connectivity index (χ1v) is 9.84. The number of nitrogens with two attached hydrogens (primary N) is 1. The number of aromatic amines is 1. The maximum Gasteiger partial charge on any atom is 0.316 e. The van der Waals surface area contributed by atoms with Crippen molar-refractivity contribution in [1.82, 2.24) is 15.6 Å².